The third-order valence-electron chi connectivity index (χ3n) is 5.16. The first-order valence-electron chi connectivity index (χ1n) is 11.0. The van der Waals surface area contributed by atoms with E-state index in [9.17, 15) is 14.9 Å². The van der Waals surface area contributed by atoms with E-state index >= 15 is 0 Å². The Kier molecular flexibility index (Phi) is 9.60. The summed E-state index contributed by atoms with van der Waals surface area (Å²) in [5.41, 5.74) is 5.33. The second kappa shape index (κ2) is 13.1. The molecule has 0 aliphatic carbocycles. The lowest BCUT2D eigenvalue weighted by atomic mass is 10.1. The fourth-order valence-corrected chi connectivity index (χ4v) is 3.69. The molecular weight excluding hydrogens is 524 g/mol. The first-order valence-corrected chi connectivity index (χ1v) is 11.8. The van der Waals surface area contributed by atoms with E-state index in [1.807, 2.05) is 18.2 Å². The number of ether oxygens (including phenoxy) is 2. The van der Waals surface area contributed by atoms with Gasteiger partial charge < -0.3 is 14.8 Å². The number of nitrogens with one attached hydrogen (secondary N) is 2. The van der Waals surface area contributed by atoms with E-state index in [0.717, 1.165) is 16.7 Å². The maximum absolute atomic E-state index is 12.3. The van der Waals surface area contributed by atoms with Crippen molar-refractivity contribution in [3.05, 3.63) is 93.5 Å². The minimum Gasteiger partial charge on any atom is -0.497 e. The normalized spacial score (nSPS) is 11.4. The Bertz CT molecular complexity index is 1290. The quantitative estimate of drug-likeness (QED) is 0.292. The minimum atomic E-state index is -0.758. The van der Waals surface area contributed by atoms with Crippen LogP contribution < -0.4 is 20.2 Å². The molecule has 3 rings (SSSR count). The van der Waals surface area contributed by atoms with Gasteiger partial charge in [0.15, 0.2) is 0 Å². The van der Waals surface area contributed by atoms with Crippen LogP contribution in [-0.4, -0.2) is 31.2 Å². The van der Waals surface area contributed by atoms with Crippen LogP contribution in [-0.2, 0) is 22.6 Å². The van der Waals surface area contributed by atoms with E-state index in [1.165, 1.54) is 6.21 Å². The van der Waals surface area contributed by atoms with Crippen LogP contribution in [0.5, 0.6) is 11.5 Å². The van der Waals surface area contributed by atoms with Gasteiger partial charge in [-0.05, 0) is 70.4 Å². The fourth-order valence-electron chi connectivity index (χ4n) is 3.18. The Morgan fingerprint density at radius 1 is 1.14 bits per heavy atom. The number of hydrazone groups is 1. The number of halogens is 1. The lowest BCUT2D eigenvalue weighted by Crippen LogP contribution is -2.43. The van der Waals surface area contributed by atoms with Gasteiger partial charge in [0.05, 0.1) is 35.9 Å². The van der Waals surface area contributed by atoms with Gasteiger partial charge in [-0.2, -0.15) is 10.4 Å². The summed E-state index contributed by atoms with van der Waals surface area (Å²) in [6.45, 7) is 1.85. The molecule has 1 unspecified atom stereocenters. The zero-order chi connectivity index (χ0) is 25.9. The zero-order valence-electron chi connectivity index (χ0n) is 19.8. The van der Waals surface area contributed by atoms with Crippen LogP contribution in [0.4, 0.5) is 0 Å². The molecule has 3 aromatic carbocycles. The number of carbonyl (C=O) groups excluding carboxylic acids is 2. The topological polar surface area (TPSA) is 113 Å². The van der Waals surface area contributed by atoms with Crippen molar-refractivity contribution < 1.29 is 19.1 Å². The molecule has 2 N–H and O–H groups in total. The lowest BCUT2D eigenvalue weighted by molar-refractivity contribution is -0.128. The van der Waals surface area contributed by atoms with Crippen molar-refractivity contribution >= 4 is 34.0 Å². The van der Waals surface area contributed by atoms with Gasteiger partial charge in [0.2, 0.25) is 5.91 Å². The standard InChI is InChI=1S/C27H25BrN4O4/c1-18(31-26(33)14-19-7-10-23(35-2)11-8-19)27(34)32-30-16-20-9-12-25(24(28)13-20)36-17-22-6-4-3-5-21(22)15-29/h3-13,16,18H,14,17H2,1-2H3,(H,31,33)(H,32,34). The Hall–Kier alpha value is -4.16. The number of nitriles is 1. The van der Waals surface area contributed by atoms with Crippen LogP contribution in [0.15, 0.2) is 76.3 Å². The Labute approximate surface area is 218 Å². The van der Waals surface area contributed by atoms with Gasteiger partial charge in [-0.3, -0.25) is 9.59 Å². The Balaban J connectivity index is 1.48. The van der Waals surface area contributed by atoms with Crippen LogP contribution in [0, 0.1) is 11.3 Å². The van der Waals surface area contributed by atoms with Crippen molar-refractivity contribution in [2.24, 2.45) is 5.10 Å². The van der Waals surface area contributed by atoms with E-state index < -0.39 is 11.9 Å². The summed E-state index contributed by atoms with van der Waals surface area (Å²) in [5.74, 6) is 0.602. The van der Waals surface area contributed by atoms with Gasteiger partial charge in [0, 0.05) is 5.56 Å². The highest BCUT2D eigenvalue weighted by Gasteiger charge is 2.15. The van der Waals surface area contributed by atoms with Gasteiger partial charge in [-0.25, -0.2) is 5.43 Å². The van der Waals surface area contributed by atoms with E-state index in [2.05, 4.69) is 37.8 Å². The highest BCUT2D eigenvalue weighted by atomic mass is 79.9. The number of methoxy groups -OCH3 is 1. The fraction of sp³-hybridized carbons (Fsp3) is 0.185. The van der Waals surface area contributed by atoms with Crippen LogP contribution in [0.1, 0.15) is 29.2 Å². The molecule has 8 nitrogen and oxygen atoms in total. The molecule has 9 heteroatoms. The van der Waals surface area contributed by atoms with Crippen LogP contribution in [0.2, 0.25) is 0 Å². The van der Waals surface area contributed by atoms with E-state index in [-0.39, 0.29) is 18.9 Å². The maximum Gasteiger partial charge on any atom is 0.262 e. The van der Waals surface area contributed by atoms with Crippen molar-refractivity contribution in [1.82, 2.24) is 10.7 Å². The summed E-state index contributed by atoms with van der Waals surface area (Å²) >= 11 is 3.47. The minimum absolute atomic E-state index is 0.148. The van der Waals surface area contributed by atoms with Gasteiger partial charge in [0.25, 0.3) is 5.91 Å². The first-order chi connectivity index (χ1) is 17.4. The number of hydrogen-bond donors (Lipinski definition) is 2. The van der Waals surface area contributed by atoms with Crippen molar-refractivity contribution in [3.8, 4) is 17.6 Å². The summed E-state index contributed by atoms with van der Waals surface area (Å²) < 4.78 is 11.6. The molecule has 0 radical (unpaired) electrons. The van der Waals surface area contributed by atoms with E-state index in [4.69, 9.17) is 9.47 Å². The third kappa shape index (κ3) is 7.68. The summed E-state index contributed by atoms with van der Waals surface area (Å²) in [6, 6.07) is 21.1. The first kappa shape index (κ1) is 26.4. The molecule has 0 aliphatic heterocycles. The number of nitrogens with zero attached hydrogens (tertiary/aromatic N) is 2. The molecule has 0 aliphatic rings. The van der Waals surface area contributed by atoms with Crippen molar-refractivity contribution in [3.63, 3.8) is 0 Å². The van der Waals surface area contributed by atoms with Crippen LogP contribution in [0.3, 0.4) is 0 Å². The molecule has 0 saturated carbocycles. The Morgan fingerprint density at radius 2 is 1.89 bits per heavy atom. The van der Waals surface area contributed by atoms with Crippen molar-refractivity contribution in [2.75, 3.05) is 7.11 Å². The molecule has 0 aromatic heterocycles. The van der Waals surface area contributed by atoms with Gasteiger partial charge >= 0.3 is 0 Å². The molecule has 0 bridgehead atoms. The number of hydrogen-bond acceptors (Lipinski definition) is 6. The second-order valence-electron chi connectivity index (χ2n) is 7.80. The van der Waals surface area contributed by atoms with Gasteiger partial charge in [-0.1, -0.05) is 30.3 Å². The maximum atomic E-state index is 12.3. The number of rotatable bonds is 10. The Morgan fingerprint density at radius 3 is 2.58 bits per heavy atom. The third-order valence-corrected chi connectivity index (χ3v) is 5.78. The summed E-state index contributed by atoms with van der Waals surface area (Å²) in [5, 5.41) is 15.8. The monoisotopic (exact) mass is 548 g/mol. The smallest absolute Gasteiger partial charge is 0.262 e. The second-order valence-corrected chi connectivity index (χ2v) is 8.65. The van der Waals surface area contributed by atoms with Gasteiger partial charge in [0.1, 0.15) is 24.1 Å². The highest BCUT2D eigenvalue weighted by molar-refractivity contribution is 9.10. The van der Waals surface area contributed by atoms with E-state index in [0.29, 0.717) is 21.5 Å². The van der Waals surface area contributed by atoms with Gasteiger partial charge in [-0.15, -0.1) is 0 Å². The largest absolute Gasteiger partial charge is 0.497 e. The predicted molar refractivity (Wildman–Crippen MR) is 140 cm³/mol. The summed E-state index contributed by atoms with van der Waals surface area (Å²) in [4.78, 5) is 24.5. The van der Waals surface area contributed by atoms with Crippen LogP contribution >= 0.6 is 15.9 Å². The average molecular weight is 549 g/mol. The lowest BCUT2D eigenvalue weighted by Gasteiger charge is -2.12. The average Bonchev–Trinajstić information content (AvgIpc) is 2.88. The number of carbonyl (C=O) groups is 2. The van der Waals surface area contributed by atoms with Crippen molar-refractivity contribution in [2.45, 2.75) is 26.0 Å². The predicted octanol–water partition coefficient (Wildman–Crippen LogP) is 4.11. The molecule has 2 amide bonds. The molecule has 0 saturated heterocycles. The molecule has 0 heterocycles. The molecule has 0 fully saturated rings. The molecule has 36 heavy (non-hydrogen) atoms. The highest BCUT2D eigenvalue weighted by Crippen LogP contribution is 2.26. The SMILES string of the molecule is COc1ccc(CC(=O)NC(C)C(=O)NN=Cc2ccc(OCc3ccccc3C#N)c(Br)c2)cc1. The van der Waals surface area contributed by atoms with E-state index in [1.54, 1.807) is 62.6 Å². The summed E-state index contributed by atoms with van der Waals surface area (Å²) in [7, 11) is 1.58. The molecular formula is C27H25BrN4O4. The molecule has 0 spiro atoms. The van der Waals surface area contributed by atoms with Crippen LogP contribution in [0.25, 0.3) is 0 Å². The molecule has 184 valence electrons. The number of benzene rings is 3. The van der Waals surface area contributed by atoms with Crippen molar-refractivity contribution in [1.29, 1.82) is 5.26 Å². The summed E-state index contributed by atoms with van der Waals surface area (Å²) in [6.07, 6.45) is 1.64. The zero-order valence-corrected chi connectivity index (χ0v) is 21.4. The molecule has 3 aromatic rings. The molecule has 1 atom stereocenters. The number of amides is 2.